The minimum atomic E-state index is -0.0590. The molecule has 0 fully saturated rings. The van der Waals surface area contributed by atoms with E-state index in [1.807, 2.05) is 30.3 Å². The molecule has 0 aliphatic rings. The van der Waals surface area contributed by atoms with E-state index >= 15 is 0 Å². The number of nitrogen functional groups attached to an aromatic ring is 1. The maximum atomic E-state index is 12.5. The van der Waals surface area contributed by atoms with Gasteiger partial charge in [0.15, 0.2) is 0 Å². The lowest BCUT2D eigenvalue weighted by Crippen LogP contribution is -2.27. The van der Waals surface area contributed by atoms with E-state index in [-0.39, 0.29) is 5.91 Å². The van der Waals surface area contributed by atoms with Crippen molar-refractivity contribution in [2.75, 3.05) is 17.7 Å². The van der Waals surface area contributed by atoms with E-state index in [0.29, 0.717) is 11.3 Å². The third-order valence-corrected chi connectivity index (χ3v) is 4.15. The predicted octanol–water partition coefficient (Wildman–Crippen LogP) is 3.91. The normalized spacial score (nSPS) is 10.3. The Kier molecular flexibility index (Phi) is 4.46. The summed E-state index contributed by atoms with van der Waals surface area (Å²) in [6.45, 7) is 0. The monoisotopic (exact) mass is 430 g/mol. The molecule has 0 heterocycles. The molecule has 2 rings (SSSR count). The van der Waals surface area contributed by atoms with Crippen LogP contribution in [0.15, 0.2) is 46.9 Å². The minimum absolute atomic E-state index is 0.0590. The SMILES string of the molecule is CN(C(=O)c1cc(Br)ccc1I)c1cccc(N)c1. The molecular weight excluding hydrogens is 419 g/mol. The Balaban J connectivity index is 2.36. The number of anilines is 2. The number of hydrogen-bond acceptors (Lipinski definition) is 2. The van der Waals surface area contributed by atoms with Gasteiger partial charge < -0.3 is 10.6 Å². The fourth-order valence-electron chi connectivity index (χ4n) is 1.69. The Hall–Kier alpha value is -1.08. The Morgan fingerprint density at radius 3 is 2.68 bits per heavy atom. The molecule has 0 aliphatic carbocycles. The number of halogens is 2. The lowest BCUT2D eigenvalue weighted by atomic mass is 10.2. The Morgan fingerprint density at radius 2 is 2.00 bits per heavy atom. The fourth-order valence-corrected chi connectivity index (χ4v) is 2.62. The Morgan fingerprint density at radius 1 is 1.26 bits per heavy atom. The van der Waals surface area contributed by atoms with Crippen molar-refractivity contribution in [3.05, 3.63) is 56.1 Å². The van der Waals surface area contributed by atoms with Crippen LogP contribution in [0.25, 0.3) is 0 Å². The number of rotatable bonds is 2. The van der Waals surface area contributed by atoms with Crippen molar-refractivity contribution >= 4 is 55.8 Å². The molecule has 2 aromatic rings. The molecular formula is C14H12BrIN2O. The van der Waals surface area contributed by atoms with Crippen LogP contribution < -0.4 is 10.6 Å². The van der Waals surface area contributed by atoms with Crippen LogP contribution in [0.3, 0.4) is 0 Å². The molecule has 0 atom stereocenters. The number of amides is 1. The molecule has 5 heteroatoms. The number of nitrogens with two attached hydrogens (primary N) is 1. The maximum Gasteiger partial charge on any atom is 0.259 e. The van der Waals surface area contributed by atoms with Crippen LogP contribution >= 0.6 is 38.5 Å². The van der Waals surface area contributed by atoms with E-state index < -0.39 is 0 Å². The molecule has 98 valence electrons. The summed E-state index contributed by atoms with van der Waals surface area (Å²) < 4.78 is 1.80. The van der Waals surface area contributed by atoms with Crippen LogP contribution in [-0.4, -0.2) is 13.0 Å². The van der Waals surface area contributed by atoms with Crippen molar-refractivity contribution < 1.29 is 4.79 Å². The fraction of sp³-hybridized carbons (Fsp3) is 0.0714. The van der Waals surface area contributed by atoms with E-state index in [2.05, 4.69) is 38.5 Å². The van der Waals surface area contributed by atoms with Crippen LogP contribution in [0, 0.1) is 3.57 Å². The largest absolute Gasteiger partial charge is 0.399 e. The van der Waals surface area contributed by atoms with E-state index in [1.54, 1.807) is 24.1 Å². The first kappa shape index (κ1) is 14.3. The van der Waals surface area contributed by atoms with Gasteiger partial charge in [0.2, 0.25) is 0 Å². The average Bonchev–Trinajstić information content (AvgIpc) is 2.40. The summed E-state index contributed by atoms with van der Waals surface area (Å²) in [6, 6.07) is 12.9. The van der Waals surface area contributed by atoms with E-state index in [1.165, 1.54) is 0 Å². The van der Waals surface area contributed by atoms with Gasteiger partial charge in [-0.05, 0) is 59.0 Å². The van der Waals surface area contributed by atoms with Gasteiger partial charge in [0, 0.05) is 26.5 Å². The molecule has 19 heavy (non-hydrogen) atoms. The van der Waals surface area contributed by atoms with Crippen LogP contribution in [0.4, 0.5) is 11.4 Å². The van der Waals surface area contributed by atoms with Gasteiger partial charge >= 0.3 is 0 Å². The second kappa shape index (κ2) is 5.92. The molecule has 0 aromatic heterocycles. The molecule has 0 bridgehead atoms. The van der Waals surface area contributed by atoms with Gasteiger partial charge in [0.25, 0.3) is 5.91 Å². The van der Waals surface area contributed by atoms with Crippen molar-refractivity contribution in [2.45, 2.75) is 0 Å². The summed E-state index contributed by atoms with van der Waals surface area (Å²) in [5, 5.41) is 0. The highest BCUT2D eigenvalue weighted by Gasteiger charge is 2.16. The van der Waals surface area contributed by atoms with Gasteiger partial charge in [-0.15, -0.1) is 0 Å². The predicted molar refractivity (Wildman–Crippen MR) is 90.4 cm³/mol. The zero-order chi connectivity index (χ0) is 14.0. The first-order chi connectivity index (χ1) is 8.99. The van der Waals surface area contributed by atoms with Crippen molar-refractivity contribution in [3.8, 4) is 0 Å². The number of hydrogen-bond donors (Lipinski definition) is 1. The van der Waals surface area contributed by atoms with Crippen molar-refractivity contribution in [1.29, 1.82) is 0 Å². The van der Waals surface area contributed by atoms with Gasteiger partial charge in [-0.2, -0.15) is 0 Å². The second-order valence-electron chi connectivity index (χ2n) is 4.08. The standard InChI is InChI=1S/C14H12BrIN2O/c1-18(11-4-2-3-10(17)8-11)14(19)12-7-9(15)5-6-13(12)16/h2-8H,17H2,1H3. The highest BCUT2D eigenvalue weighted by Crippen LogP contribution is 2.23. The van der Waals surface area contributed by atoms with Crippen molar-refractivity contribution in [1.82, 2.24) is 0 Å². The average molecular weight is 431 g/mol. The number of benzene rings is 2. The third-order valence-electron chi connectivity index (χ3n) is 2.72. The van der Waals surface area contributed by atoms with Gasteiger partial charge in [-0.25, -0.2) is 0 Å². The summed E-state index contributed by atoms with van der Waals surface area (Å²) in [5.74, 6) is -0.0590. The molecule has 0 spiro atoms. The maximum absolute atomic E-state index is 12.5. The van der Waals surface area contributed by atoms with Gasteiger partial charge in [0.1, 0.15) is 0 Å². The highest BCUT2D eigenvalue weighted by molar-refractivity contribution is 14.1. The highest BCUT2D eigenvalue weighted by atomic mass is 127. The summed E-state index contributed by atoms with van der Waals surface area (Å²) in [5.41, 5.74) is 7.83. The molecule has 2 aromatic carbocycles. The topological polar surface area (TPSA) is 46.3 Å². The molecule has 0 aliphatic heterocycles. The number of carbonyl (C=O) groups excluding carboxylic acids is 1. The molecule has 2 N–H and O–H groups in total. The first-order valence-corrected chi connectivity index (χ1v) is 7.45. The quantitative estimate of drug-likeness (QED) is 0.579. The molecule has 0 unspecified atom stereocenters. The summed E-state index contributed by atoms with van der Waals surface area (Å²) in [6.07, 6.45) is 0. The van der Waals surface area contributed by atoms with E-state index in [0.717, 1.165) is 13.7 Å². The van der Waals surface area contributed by atoms with Crippen LogP contribution in [0.5, 0.6) is 0 Å². The third kappa shape index (κ3) is 3.27. The van der Waals surface area contributed by atoms with Gasteiger partial charge in [-0.1, -0.05) is 22.0 Å². The van der Waals surface area contributed by atoms with Gasteiger partial charge in [-0.3, -0.25) is 4.79 Å². The van der Waals surface area contributed by atoms with E-state index in [4.69, 9.17) is 5.73 Å². The lowest BCUT2D eigenvalue weighted by molar-refractivity contribution is 0.0992. The Labute approximate surface area is 134 Å². The molecule has 1 amide bonds. The molecule has 0 saturated heterocycles. The zero-order valence-electron chi connectivity index (χ0n) is 10.2. The smallest absolute Gasteiger partial charge is 0.259 e. The summed E-state index contributed by atoms with van der Waals surface area (Å²) in [7, 11) is 1.74. The van der Waals surface area contributed by atoms with Crippen LogP contribution in [0.2, 0.25) is 0 Å². The minimum Gasteiger partial charge on any atom is -0.399 e. The first-order valence-electron chi connectivity index (χ1n) is 5.57. The Bertz CT molecular complexity index is 631. The second-order valence-corrected chi connectivity index (χ2v) is 6.16. The van der Waals surface area contributed by atoms with Crippen LogP contribution in [0.1, 0.15) is 10.4 Å². The molecule has 0 saturated carbocycles. The lowest BCUT2D eigenvalue weighted by Gasteiger charge is -2.18. The summed E-state index contributed by atoms with van der Waals surface area (Å²) >= 11 is 5.55. The zero-order valence-corrected chi connectivity index (χ0v) is 14.0. The van der Waals surface area contributed by atoms with Gasteiger partial charge in [0.05, 0.1) is 5.56 Å². The number of carbonyl (C=O) groups is 1. The van der Waals surface area contributed by atoms with Crippen molar-refractivity contribution in [3.63, 3.8) is 0 Å². The van der Waals surface area contributed by atoms with Crippen LogP contribution in [-0.2, 0) is 0 Å². The number of nitrogens with zero attached hydrogens (tertiary/aromatic N) is 1. The molecule has 0 radical (unpaired) electrons. The summed E-state index contributed by atoms with van der Waals surface area (Å²) in [4.78, 5) is 14.1. The molecule has 3 nitrogen and oxygen atoms in total. The van der Waals surface area contributed by atoms with E-state index in [9.17, 15) is 4.79 Å². The van der Waals surface area contributed by atoms with Crippen molar-refractivity contribution in [2.24, 2.45) is 0 Å².